The first-order valence-electron chi connectivity index (χ1n) is 5.33. The van der Waals surface area contributed by atoms with Gasteiger partial charge in [0.2, 0.25) is 0 Å². The number of aryl methyl sites for hydroxylation is 1. The molecule has 1 saturated carbocycles. The number of carbonyl (C=O) groups is 1. The Kier molecular flexibility index (Phi) is 3.20. The molecule has 2 rings (SSSR count). The third kappa shape index (κ3) is 2.22. The number of nitrogens with one attached hydrogen (secondary N) is 1. The molecular weight excluding hydrogens is 222 g/mol. The van der Waals surface area contributed by atoms with Gasteiger partial charge in [-0.3, -0.25) is 4.79 Å². The highest BCUT2D eigenvalue weighted by Crippen LogP contribution is 2.25. The molecule has 1 N–H and O–H groups in total. The smallest absolute Gasteiger partial charge is 0.271 e. The van der Waals surface area contributed by atoms with Crippen LogP contribution in [0, 0.1) is 24.2 Å². The molecule has 0 aliphatic heterocycles. The molecule has 1 heterocycles. The molecule has 1 aromatic rings. The predicted molar refractivity (Wildman–Crippen MR) is 61.1 cm³/mol. The zero-order valence-electron chi connectivity index (χ0n) is 9.06. The quantitative estimate of drug-likeness (QED) is 0.851. The lowest BCUT2D eigenvalue weighted by molar-refractivity contribution is 0.0928. The Morgan fingerprint density at radius 2 is 2.50 bits per heavy atom. The van der Waals surface area contributed by atoms with E-state index >= 15 is 0 Å². The molecular formula is C11H13N3OS. The fraction of sp³-hybridized carbons (Fsp3) is 0.545. The van der Waals surface area contributed by atoms with Crippen LogP contribution in [0.15, 0.2) is 5.38 Å². The summed E-state index contributed by atoms with van der Waals surface area (Å²) in [5.41, 5.74) is 0.464. The monoisotopic (exact) mass is 235 g/mol. The van der Waals surface area contributed by atoms with E-state index in [4.69, 9.17) is 5.26 Å². The number of aromatic nitrogens is 1. The molecule has 0 saturated heterocycles. The van der Waals surface area contributed by atoms with Gasteiger partial charge in [-0.1, -0.05) is 0 Å². The summed E-state index contributed by atoms with van der Waals surface area (Å²) >= 11 is 1.46. The Labute approximate surface area is 98.3 Å². The summed E-state index contributed by atoms with van der Waals surface area (Å²) in [6.45, 7) is 1.87. The Bertz CT molecular complexity index is 435. The Hall–Kier alpha value is -1.41. The molecule has 1 aliphatic rings. The second-order valence-corrected chi connectivity index (χ2v) is 5.06. The summed E-state index contributed by atoms with van der Waals surface area (Å²) in [4.78, 5) is 15.9. The van der Waals surface area contributed by atoms with Crippen molar-refractivity contribution in [2.45, 2.75) is 32.2 Å². The van der Waals surface area contributed by atoms with Crippen molar-refractivity contribution >= 4 is 17.2 Å². The van der Waals surface area contributed by atoms with E-state index in [2.05, 4.69) is 16.4 Å². The minimum absolute atomic E-state index is 0.000457. The first-order valence-corrected chi connectivity index (χ1v) is 6.21. The van der Waals surface area contributed by atoms with Gasteiger partial charge in [-0.2, -0.15) is 5.26 Å². The number of nitriles is 1. The van der Waals surface area contributed by atoms with Crippen molar-refractivity contribution in [3.63, 3.8) is 0 Å². The maximum absolute atomic E-state index is 11.8. The van der Waals surface area contributed by atoms with E-state index in [0.29, 0.717) is 5.69 Å². The van der Waals surface area contributed by atoms with Gasteiger partial charge in [0.25, 0.3) is 5.91 Å². The minimum Gasteiger partial charge on any atom is -0.347 e. The normalized spacial score (nSPS) is 24.0. The van der Waals surface area contributed by atoms with Gasteiger partial charge in [0, 0.05) is 11.4 Å². The molecule has 0 aromatic carbocycles. The number of rotatable bonds is 2. The summed E-state index contributed by atoms with van der Waals surface area (Å²) in [6.07, 6.45) is 2.80. The van der Waals surface area contributed by atoms with E-state index in [9.17, 15) is 4.79 Å². The van der Waals surface area contributed by atoms with Crippen LogP contribution in [0.1, 0.15) is 34.8 Å². The topological polar surface area (TPSA) is 65.8 Å². The van der Waals surface area contributed by atoms with Crippen LogP contribution in [0.5, 0.6) is 0 Å². The fourth-order valence-corrected chi connectivity index (χ4v) is 2.59. The molecule has 0 bridgehead atoms. The average Bonchev–Trinajstić information content (AvgIpc) is 2.86. The first-order chi connectivity index (χ1) is 7.70. The maximum atomic E-state index is 11.8. The summed E-state index contributed by atoms with van der Waals surface area (Å²) in [5.74, 6) is -0.194. The highest BCUT2D eigenvalue weighted by Gasteiger charge is 2.28. The molecule has 0 radical (unpaired) electrons. The summed E-state index contributed by atoms with van der Waals surface area (Å²) in [7, 11) is 0. The van der Waals surface area contributed by atoms with Gasteiger partial charge < -0.3 is 5.32 Å². The number of hydrogen-bond acceptors (Lipinski definition) is 4. The van der Waals surface area contributed by atoms with Crippen LogP contribution in [0.25, 0.3) is 0 Å². The predicted octanol–water partition coefficient (Wildman–Crippen LogP) is 1.87. The largest absolute Gasteiger partial charge is 0.347 e. The Balaban J connectivity index is 2.00. The minimum atomic E-state index is -0.156. The van der Waals surface area contributed by atoms with Gasteiger partial charge in [-0.15, -0.1) is 11.3 Å². The van der Waals surface area contributed by atoms with Crippen LogP contribution in [-0.4, -0.2) is 16.9 Å². The van der Waals surface area contributed by atoms with Crippen LogP contribution in [-0.2, 0) is 0 Å². The van der Waals surface area contributed by atoms with Crippen molar-refractivity contribution in [1.82, 2.24) is 10.3 Å². The molecule has 1 aromatic heterocycles. The molecule has 1 aliphatic carbocycles. The van der Waals surface area contributed by atoms with E-state index in [1.54, 1.807) is 5.38 Å². The fourth-order valence-electron chi connectivity index (χ4n) is 2.00. The second kappa shape index (κ2) is 4.62. The lowest BCUT2D eigenvalue weighted by atomic mass is 10.1. The standard InChI is InChI=1S/C11H13N3OS/c1-7-13-10(6-16-7)11(15)14-9-4-2-3-8(9)5-12/h6,8-9H,2-4H2,1H3,(H,14,15). The van der Waals surface area contributed by atoms with Crippen LogP contribution >= 0.6 is 11.3 Å². The van der Waals surface area contributed by atoms with Gasteiger partial charge in [-0.25, -0.2) is 4.98 Å². The van der Waals surface area contributed by atoms with E-state index in [1.165, 1.54) is 11.3 Å². The van der Waals surface area contributed by atoms with E-state index in [1.807, 2.05) is 6.92 Å². The van der Waals surface area contributed by atoms with Crippen molar-refractivity contribution in [3.05, 3.63) is 16.1 Å². The van der Waals surface area contributed by atoms with E-state index in [0.717, 1.165) is 24.3 Å². The summed E-state index contributed by atoms with van der Waals surface area (Å²) in [6, 6.07) is 2.24. The van der Waals surface area contributed by atoms with Crippen molar-refractivity contribution in [2.24, 2.45) is 5.92 Å². The number of nitrogens with zero attached hydrogens (tertiary/aromatic N) is 2. The van der Waals surface area contributed by atoms with Crippen molar-refractivity contribution < 1.29 is 4.79 Å². The van der Waals surface area contributed by atoms with Crippen molar-refractivity contribution in [2.75, 3.05) is 0 Å². The molecule has 1 fully saturated rings. The molecule has 4 nitrogen and oxygen atoms in total. The van der Waals surface area contributed by atoms with Crippen LogP contribution < -0.4 is 5.32 Å². The number of amides is 1. The van der Waals surface area contributed by atoms with Gasteiger partial charge in [0.05, 0.1) is 17.0 Å². The molecule has 0 spiro atoms. The SMILES string of the molecule is Cc1nc(C(=O)NC2CCCC2C#N)cs1. The van der Waals surface area contributed by atoms with E-state index < -0.39 is 0 Å². The van der Waals surface area contributed by atoms with E-state index in [-0.39, 0.29) is 17.9 Å². The zero-order chi connectivity index (χ0) is 11.5. The third-order valence-electron chi connectivity index (χ3n) is 2.85. The van der Waals surface area contributed by atoms with Crippen molar-refractivity contribution in [3.8, 4) is 6.07 Å². The number of carbonyl (C=O) groups excluding carboxylic acids is 1. The van der Waals surface area contributed by atoms with Gasteiger partial charge in [0.1, 0.15) is 5.69 Å². The van der Waals surface area contributed by atoms with Gasteiger partial charge in [-0.05, 0) is 26.2 Å². The molecule has 2 atom stereocenters. The zero-order valence-corrected chi connectivity index (χ0v) is 9.88. The molecule has 5 heteroatoms. The number of hydrogen-bond donors (Lipinski definition) is 1. The Morgan fingerprint density at radius 3 is 3.12 bits per heavy atom. The Morgan fingerprint density at radius 1 is 1.69 bits per heavy atom. The maximum Gasteiger partial charge on any atom is 0.271 e. The third-order valence-corrected chi connectivity index (χ3v) is 3.62. The van der Waals surface area contributed by atoms with Crippen molar-refractivity contribution in [1.29, 1.82) is 5.26 Å². The lowest BCUT2D eigenvalue weighted by Gasteiger charge is -2.14. The molecule has 16 heavy (non-hydrogen) atoms. The lowest BCUT2D eigenvalue weighted by Crippen LogP contribution is -2.37. The number of thiazole rings is 1. The van der Waals surface area contributed by atoms with Gasteiger partial charge >= 0.3 is 0 Å². The highest BCUT2D eigenvalue weighted by atomic mass is 32.1. The highest BCUT2D eigenvalue weighted by molar-refractivity contribution is 7.09. The van der Waals surface area contributed by atoms with Crippen LogP contribution in [0.4, 0.5) is 0 Å². The van der Waals surface area contributed by atoms with Crippen LogP contribution in [0.2, 0.25) is 0 Å². The van der Waals surface area contributed by atoms with Crippen LogP contribution in [0.3, 0.4) is 0 Å². The summed E-state index contributed by atoms with van der Waals surface area (Å²) in [5, 5.41) is 14.4. The summed E-state index contributed by atoms with van der Waals surface area (Å²) < 4.78 is 0. The molecule has 2 unspecified atom stereocenters. The first kappa shape index (κ1) is 11.1. The van der Waals surface area contributed by atoms with Gasteiger partial charge in [0.15, 0.2) is 0 Å². The second-order valence-electron chi connectivity index (χ2n) is 4.00. The molecule has 84 valence electrons. The molecule has 1 amide bonds. The average molecular weight is 235 g/mol.